The fraction of sp³-hybridized carbons (Fsp3) is 0.312. The molecule has 0 unspecified atom stereocenters. The zero-order valence-electron chi connectivity index (χ0n) is 11.6. The summed E-state index contributed by atoms with van der Waals surface area (Å²) in [7, 11) is 0. The third-order valence-electron chi connectivity index (χ3n) is 3.67. The van der Waals surface area contributed by atoms with Crippen molar-refractivity contribution in [3.8, 4) is 0 Å². The van der Waals surface area contributed by atoms with Crippen molar-refractivity contribution in [3.63, 3.8) is 0 Å². The van der Waals surface area contributed by atoms with E-state index in [0.29, 0.717) is 18.6 Å². The first-order valence-electron chi connectivity index (χ1n) is 6.81. The molecule has 4 nitrogen and oxygen atoms in total. The minimum Gasteiger partial charge on any atom is -0.378 e. The number of hydrogen-bond donors (Lipinski definition) is 1. The zero-order valence-corrected chi connectivity index (χ0v) is 11.6. The number of benzene rings is 1. The molecule has 104 valence electrons. The molecule has 0 atom stereocenters. The molecule has 2 heterocycles. The Labute approximate surface area is 117 Å². The van der Waals surface area contributed by atoms with Crippen molar-refractivity contribution >= 4 is 22.2 Å². The van der Waals surface area contributed by atoms with Crippen LogP contribution in [0.4, 0.5) is 5.82 Å². The van der Waals surface area contributed by atoms with Gasteiger partial charge in [-0.2, -0.15) is 0 Å². The summed E-state index contributed by atoms with van der Waals surface area (Å²) in [5, 5.41) is 1.67. The van der Waals surface area contributed by atoms with Crippen molar-refractivity contribution in [1.29, 1.82) is 0 Å². The van der Waals surface area contributed by atoms with E-state index in [9.17, 15) is 4.79 Å². The van der Waals surface area contributed by atoms with Crippen molar-refractivity contribution in [3.05, 3.63) is 46.8 Å². The number of aromatic nitrogens is 1. The molecule has 0 amide bonds. The number of aromatic amines is 1. The van der Waals surface area contributed by atoms with E-state index in [4.69, 9.17) is 4.74 Å². The Hall–Kier alpha value is -2.07. The summed E-state index contributed by atoms with van der Waals surface area (Å²) in [4.78, 5) is 17.3. The van der Waals surface area contributed by atoms with Crippen LogP contribution in [0.5, 0.6) is 0 Å². The van der Waals surface area contributed by atoms with E-state index in [-0.39, 0.29) is 5.56 Å². The van der Waals surface area contributed by atoms with Gasteiger partial charge in [0.05, 0.1) is 13.2 Å². The van der Waals surface area contributed by atoms with Gasteiger partial charge in [0.15, 0.2) is 0 Å². The molecule has 0 bridgehead atoms. The molecule has 2 aromatic rings. The van der Waals surface area contributed by atoms with Gasteiger partial charge in [-0.1, -0.05) is 18.2 Å². The van der Waals surface area contributed by atoms with Crippen molar-refractivity contribution in [1.82, 2.24) is 4.98 Å². The average Bonchev–Trinajstić information content (AvgIpc) is 2.47. The van der Waals surface area contributed by atoms with E-state index in [1.54, 1.807) is 0 Å². The molecule has 3 rings (SSSR count). The molecule has 1 fully saturated rings. The summed E-state index contributed by atoms with van der Waals surface area (Å²) in [6, 6.07) is 7.86. The minimum atomic E-state index is -0.0442. The topological polar surface area (TPSA) is 45.3 Å². The zero-order chi connectivity index (χ0) is 14.1. The van der Waals surface area contributed by atoms with E-state index in [1.807, 2.05) is 31.2 Å². The van der Waals surface area contributed by atoms with Crippen LogP contribution in [0.25, 0.3) is 16.3 Å². The Bertz CT molecular complexity index is 712. The van der Waals surface area contributed by atoms with Gasteiger partial charge in [-0.05, 0) is 36.1 Å². The van der Waals surface area contributed by atoms with Crippen molar-refractivity contribution in [2.45, 2.75) is 6.92 Å². The standard InChI is InChI=1S/C16H18N2O2/c1-11(2)12-3-4-14-13(9-12)10-15(17-16(14)19)18-5-7-20-8-6-18/h3-4,9-10H,1,5-8H2,2H3,(H,17,19). The molecule has 1 aliphatic rings. The number of hydrogen-bond acceptors (Lipinski definition) is 3. The summed E-state index contributed by atoms with van der Waals surface area (Å²) in [5.74, 6) is 0.865. The highest BCUT2D eigenvalue weighted by molar-refractivity contribution is 5.87. The van der Waals surface area contributed by atoms with E-state index in [2.05, 4.69) is 16.5 Å². The van der Waals surface area contributed by atoms with E-state index >= 15 is 0 Å². The third kappa shape index (κ3) is 2.34. The number of anilines is 1. The third-order valence-corrected chi connectivity index (χ3v) is 3.67. The summed E-state index contributed by atoms with van der Waals surface area (Å²) in [6.07, 6.45) is 0. The number of H-pyrrole nitrogens is 1. The number of allylic oxidation sites excluding steroid dienone is 1. The summed E-state index contributed by atoms with van der Waals surface area (Å²) < 4.78 is 5.34. The highest BCUT2D eigenvalue weighted by Crippen LogP contribution is 2.21. The highest BCUT2D eigenvalue weighted by Gasteiger charge is 2.13. The normalized spacial score (nSPS) is 15.6. The predicted molar refractivity (Wildman–Crippen MR) is 82.3 cm³/mol. The Balaban J connectivity index is 2.10. The van der Waals surface area contributed by atoms with Gasteiger partial charge in [-0.3, -0.25) is 4.79 Å². The van der Waals surface area contributed by atoms with E-state index < -0.39 is 0 Å². The van der Waals surface area contributed by atoms with E-state index in [1.165, 1.54) is 0 Å². The molecule has 1 aliphatic heterocycles. The number of pyridine rings is 1. The smallest absolute Gasteiger partial charge is 0.257 e. The first kappa shape index (κ1) is 12.9. The second kappa shape index (κ2) is 5.13. The number of fused-ring (bicyclic) bond motifs is 1. The lowest BCUT2D eigenvalue weighted by molar-refractivity contribution is 0.122. The van der Waals surface area contributed by atoms with Gasteiger partial charge in [0, 0.05) is 18.5 Å². The lowest BCUT2D eigenvalue weighted by Crippen LogP contribution is -2.37. The van der Waals surface area contributed by atoms with Gasteiger partial charge in [0.25, 0.3) is 5.56 Å². The number of nitrogens with zero attached hydrogens (tertiary/aromatic N) is 1. The Morgan fingerprint density at radius 3 is 2.75 bits per heavy atom. The molecular weight excluding hydrogens is 252 g/mol. The van der Waals surface area contributed by atoms with Crippen LogP contribution in [0.1, 0.15) is 12.5 Å². The molecule has 4 heteroatoms. The van der Waals surface area contributed by atoms with Crippen LogP contribution in [0.2, 0.25) is 0 Å². The monoisotopic (exact) mass is 270 g/mol. The molecule has 1 saturated heterocycles. The fourth-order valence-corrected chi connectivity index (χ4v) is 2.50. The van der Waals surface area contributed by atoms with Gasteiger partial charge in [0.2, 0.25) is 0 Å². The van der Waals surface area contributed by atoms with Gasteiger partial charge in [-0.25, -0.2) is 0 Å². The predicted octanol–water partition coefficient (Wildman–Crippen LogP) is 2.40. The van der Waals surface area contributed by atoms with Crippen molar-refractivity contribution in [2.24, 2.45) is 0 Å². The minimum absolute atomic E-state index is 0.0442. The molecule has 0 spiro atoms. The van der Waals surface area contributed by atoms with Crippen LogP contribution in [0, 0.1) is 0 Å². The number of nitrogens with one attached hydrogen (secondary N) is 1. The van der Waals surface area contributed by atoms with Crippen LogP contribution >= 0.6 is 0 Å². The fourth-order valence-electron chi connectivity index (χ4n) is 2.50. The van der Waals surface area contributed by atoms with Crippen molar-refractivity contribution in [2.75, 3.05) is 31.2 Å². The van der Waals surface area contributed by atoms with Crippen LogP contribution in [-0.4, -0.2) is 31.3 Å². The molecule has 0 saturated carbocycles. The van der Waals surface area contributed by atoms with Gasteiger partial charge in [0.1, 0.15) is 5.82 Å². The van der Waals surface area contributed by atoms with Gasteiger partial charge < -0.3 is 14.6 Å². The van der Waals surface area contributed by atoms with Crippen LogP contribution < -0.4 is 10.5 Å². The van der Waals surface area contributed by atoms with Crippen LogP contribution in [0.15, 0.2) is 35.6 Å². The summed E-state index contributed by atoms with van der Waals surface area (Å²) in [6.45, 7) is 8.94. The molecule has 20 heavy (non-hydrogen) atoms. The molecule has 1 aromatic heterocycles. The van der Waals surface area contributed by atoms with Crippen LogP contribution in [-0.2, 0) is 4.74 Å². The molecular formula is C16H18N2O2. The second-order valence-corrected chi connectivity index (χ2v) is 5.17. The summed E-state index contributed by atoms with van der Waals surface area (Å²) >= 11 is 0. The first-order chi connectivity index (χ1) is 9.65. The summed E-state index contributed by atoms with van der Waals surface area (Å²) in [5.41, 5.74) is 2.02. The van der Waals surface area contributed by atoms with E-state index in [0.717, 1.165) is 35.4 Å². The quantitative estimate of drug-likeness (QED) is 0.911. The first-order valence-corrected chi connectivity index (χ1v) is 6.81. The number of rotatable bonds is 2. The Kier molecular flexibility index (Phi) is 3.32. The number of ether oxygens (including phenoxy) is 1. The number of morpholine rings is 1. The molecule has 0 aliphatic carbocycles. The van der Waals surface area contributed by atoms with Gasteiger partial charge >= 0.3 is 0 Å². The average molecular weight is 270 g/mol. The highest BCUT2D eigenvalue weighted by atomic mass is 16.5. The SMILES string of the molecule is C=C(C)c1ccc2c(=O)[nH]c(N3CCOCC3)cc2c1. The lowest BCUT2D eigenvalue weighted by Gasteiger charge is -2.28. The second-order valence-electron chi connectivity index (χ2n) is 5.17. The largest absolute Gasteiger partial charge is 0.378 e. The molecule has 1 N–H and O–H groups in total. The Morgan fingerprint density at radius 2 is 2.05 bits per heavy atom. The van der Waals surface area contributed by atoms with Crippen LogP contribution in [0.3, 0.4) is 0 Å². The molecule has 0 radical (unpaired) electrons. The molecule has 1 aromatic carbocycles. The van der Waals surface area contributed by atoms with Crippen molar-refractivity contribution < 1.29 is 4.74 Å². The maximum atomic E-state index is 12.2. The Morgan fingerprint density at radius 1 is 1.30 bits per heavy atom. The maximum absolute atomic E-state index is 12.2. The maximum Gasteiger partial charge on any atom is 0.257 e. The lowest BCUT2D eigenvalue weighted by atomic mass is 10.0. The van der Waals surface area contributed by atoms with Gasteiger partial charge in [-0.15, -0.1) is 0 Å².